The molecule has 5 heteroatoms. The van der Waals surface area contributed by atoms with Crippen molar-refractivity contribution in [2.75, 3.05) is 6.61 Å². The molecule has 3 rings (SSSR count). The first-order valence-corrected chi connectivity index (χ1v) is 11.4. The van der Waals surface area contributed by atoms with Crippen molar-refractivity contribution in [2.45, 2.75) is 108 Å². The molecule has 0 spiro atoms. The molecule has 1 unspecified atom stereocenters. The van der Waals surface area contributed by atoms with Gasteiger partial charge in [0.1, 0.15) is 5.54 Å². The lowest BCUT2D eigenvalue weighted by Crippen LogP contribution is -2.51. The van der Waals surface area contributed by atoms with E-state index in [1.54, 1.807) is 4.90 Å². The quantitative estimate of drug-likeness (QED) is 0.671. The van der Waals surface area contributed by atoms with Crippen LogP contribution < -0.4 is 5.73 Å². The van der Waals surface area contributed by atoms with Gasteiger partial charge in [0.2, 0.25) is 0 Å². The number of amides is 1. The van der Waals surface area contributed by atoms with Crippen molar-refractivity contribution < 1.29 is 9.90 Å². The minimum Gasteiger partial charge on any atom is -0.394 e. The zero-order valence-electron chi connectivity index (χ0n) is 17.2. The van der Waals surface area contributed by atoms with E-state index in [1.165, 1.54) is 64.2 Å². The summed E-state index contributed by atoms with van der Waals surface area (Å²) in [5, 5.41) is 9.74. The Kier molecular flexibility index (Phi) is 7.18. The van der Waals surface area contributed by atoms with E-state index in [-0.39, 0.29) is 18.6 Å². The van der Waals surface area contributed by atoms with E-state index in [1.807, 2.05) is 6.92 Å². The number of rotatable bonds is 8. The first-order chi connectivity index (χ1) is 13.1. The van der Waals surface area contributed by atoms with E-state index in [2.05, 4.69) is 0 Å². The second-order valence-corrected chi connectivity index (χ2v) is 9.17. The summed E-state index contributed by atoms with van der Waals surface area (Å²) in [6.07, 6.45) is 16.3. The fourth-order valence-electron chi connectivity index (χ4n) is 5.58. The van der Waals surface area contributed by atoms with Crippen molar-refractivity contribution >= 4 is 11.9 Å². The van der Waals surface area contributed by atoms with Crippen LogP contribution >= 0.6 is 0 Å². The zero-order chi connectivity index (χ0) is 19.3. The molecule has 2 aliphatic carbocycles. The Hall–Kier alpha value is -1.10. The predicted molar refractivity (Wildman–Crippen MR) is 109 cm³/mol. The highest BCUT2D eigenvalue weighted by Gasteiger charge is 2.50. The highest BCUT2D eigenvalue weighted by Crippen LogP contribution is 2.41. The van der Waals surface area contributed by atoms with Gasteiger partial charge in [-0.15, -0.1) is 0 Å². The van der Waals surface area contributed by atoms with Crippen molar-refractivity contribution in [3.8, 4) is 0 Å². The van der Waals surface area contributed by atoms with Gasteiger partial charge >= 0.3 is 0 Å². The number of carbonyl (C=O) groups excluding carboxylic acids is 1. The number of nitrogens with zero attached hydrogens (tertiary/aromatic N) is 2. The molecule has 154 valence electrons. The SMILES string of the molecule is CCC(CO)N1C(=O)[C@@](CCC2CCCCC2)(CC2CCCCC2)N=C1N. The highest BCUT2D eigenvalue weighted by atomic mass is 16.3. The maximum Gasteiger partial charge on any atom is 0.257 e. The minimum atomic E-state index is -0.674. The fraction of sp³-hybridized carbons (Fsp3) is 0.909. The number of aliphatic hydroxyl groups is 1. The Morgan fingerprint density at radius 2 is 1.70 bits per heavy atom. The van der Waals surface area contributed by atoms with E-state index in [4.69, 9.17) is 10.7 Å². The van der Waals surface area contributed by atoms with Gasteiger partial charge in [-0.05, 0) is 37.5 Å². The van der Waals surface area contributed by atoms with Crippen LogP contribution in [0.3, 0.4) is 0 Å². The van der Waals surface area contributed by atoms with Crippen molar-refractivity contribution in [1.29, 1.82) is 0 Å². The second-order valence-electron chi connectivity index (χ2n) is 9.17. The molecule has 0 aromatic rings. The predicted octanol–water partition coefficient (Wildman–Crippen LogP) is 3.98. The molecule has 0 saturated heterocycles. The summed E-state index contributed by atoms with van der Waals surface area (Å²) in [5.41, 5.74) is 5.58. The fourth-order valence-corrected chi connectivity index (χ4v) is 5.58. The Labute approximate surface area is 164 Å². The molecule has 5 nitrogen and oxygen atoms in total. The molecule has 0 aromatic heterocycles. The average molecular weight is 378 g/mol. The normalized spacial score (nSPS) is 29.2. The topological polar surface area (TPSA) is 78.9 Å². The smallest absolute Gasteiger partial charge is 0.257 e. The van der Waals surface area contributed by atoms with Gasteiger partial charge in [0.25, 0.3) is 5.91 Å². The summed E-state index contributed by atoms with van der Waals surface area (Å²) < 4.78 is 0. The van der Waals surface area contributed by atoms with Crippen LogP contribution in [0.15, 0.2) is 4.99 Å². The largest absolute Gasteiger partial charge is 0.394 e. The Bertz CT molecular complexity index is 520. The van der Waals surface area contributed by atoms with Crippen LogP contribution in [0, 0.1) is 11.8 Å². The second kappa shape index (κ2) is 9.40. The summed E-state index contributed by atoms with van der Waals surface area (Å²) >= 11 is 0. The molecule has 2 atom stereocenters. The zero-order valence-corrected chi connectivity index (χ0v) is 17.2. The average Bonchev–Trinajstić information content (AvgIpc) is 2.94. The molecule has 2 fully saturated rings. The van der Waals surface area contributed by atoms with Crippen LogP contribution in [0.25, 0.3) is 0 Å². The van der Waals surface area contributed by atoms with Crippen LogP contribution in [0.5, 0.6) is 0 Å². The third-order valence-electron chi connectivity index (χ3n) is 7.28. The van der Waals surface area contributed by atoms with E-state index in [0.717, 1.165) is 25.2 Å². The monoisotopic (exact) mass is 377 g/mol. The molecule has 0 radical (unpaired) electrons. The maximum absolute atomic E-state index is 13.6. The van der Waals surface area contributed by atoms with Crippen molar-refractivity contribution in [2.24, 2.45) is 22.6 Å². The summed E-state index contributed by atoms with van der Waals surface area (Å²) in [6, 6.07) is -0.246. The summed E-state index contributed by atoms with van der Waals surface area (Å²) in [5.74, 6) is 1.71. The van der Waals surface area contributed by atoms with E-state index < -0.39 is 5.54 Å². The maximum atomic E-state index is 13.6. The lowest BCUT2D eigenvalue weighted by atomic mass is 9.75. The molecule has 27 heavy (non-hydrogen) atoms. The third kappa shape index (κ3) is 4.67. The van der Waals surface area contributed by atoms with Gasteiger partial charge in [0, 0.05) is 0 Å². The number of carbonyl (C=O) groups is 1. The molecule has 1 aliphatic heterocycles. The van der Waals surface area contributed by atoms with Crippen molar-refractivity contribution in [3.63, 3.8) is 0 Å². The molecular formula is C22H39N3O2. The summed E-state index contributed by atoms with van der Waals surface area (Å²) in [7, 11) is 0. The molecule has 3 N–H and O–H groups in total. The Morgan fingerprint density at radius 1 is 1.11 bits per heavy atom. The van der Waals surface area contributed by atoms with Gasteiger partial charge in [0.05, 0.1) is 12.6 Å². The Balaban J connectivity index is 1.77. The number of aliphatic hydroxyl groups excluding tert-OH is 1. The molecule has 0 bridgehead atoms. The van der Waals surface area contributed by atoms with Crippen LogP contribution in [0.1, 0.15) is 96.8 Å². The number of aliphatic imine (C=N–C) groups is 1. The van der Waals surface area contributed by atoms with E-state index >= 15 is 0 Å². The number of hydrogen-bond acceptors (Lipinski definition) is 4. The van der Waals surface area contributed by atoms with Crippen molar-refractivity contribution in [1.82, 2.24) is 4.90 Å². The molecule has 2 saturated carbocycles. The Morgan fingerprint density at radius 3 is 2.26 bits per heavy atom. The number of hydrogen-bond donors (Lipinski definition) is 2. The molecule has 1 heterocycles. The van der Waals surface area contributed by atoms with Crippen LogP contribution in [-0.2, 0) is 4.79 Å². The lowest BCUT2D eigenvalue weighted by molar-refractivity contribution is -0.134. The van der Waals surface area contributed by atoms with Crippen molar-refractivity contribution in [3.05, 3.63) is 0 Å². The number of nitrogens with two attached hydrogens (primary N) is 1. The summed E-state index contributed by atoms with van der Waals surface area (Å²) in [4.78, 5) is 20.0. The van der Waals surface area contributed by atoms with Gasteiger partial charge in [-0.1, -0.05) is 71.1 Å². The first kappa shape index (κ1) is 20.6. The standard InChI is InChI=1S/C22H39N3O2/c1-2-19(16-26)25-20(27)22(24-21(25)23,15-18-11-7-4-8-12-18)14-13-17-9-5-3-6-10-17/h17-19,26H,2-16H2,1H3,(H2,23,24)/t19?,22-/m1/s1. The van der Waals surface area contributed by atoms with Gasteiger partial charge in [-0.3, -0.25) is 9.69 Å². The molecular weight excluding hydrogens is 338 g/mol. The van der Waals surface area contributed by atoms with Gasteiger partial charge in [0.15, 0.2) is 5.96 Å². The first-order valence-electron chi connectivity index (χ1n) is 11.4. The van der Waals surface area contributed by atoms with Gasteiger partial charge in [-0.25, -0.2) is 4.99 Å². The number of guanidine groups is 1. The van der Waals surface area contributed by atoms with Gasteiger partial charge < -0.3 is 10.8 Å². The van der Waals surface area contributed by atoms with Crippen LogP contribution in [0.2, 0.25) is 0 Å². The van der Waals surface area contributed by atoms with Crippen LogP contribution in [-0.4, -0.2) is 40.1 Å². The van der Waals surface area contributed by atoms with Crippen LogP contribution in [0.4, 0.5) is 0 Å². The lowest BCUT2D eigenvalue weighted by Gasteiger charge is -2.34. The highest BCUT2D eigenvalue weighted by molar-refractivity contribution is 6.07. The molecule has 0 aromatic carbocycles. The van der Waals surface area contributed by atoms with E-state index in [9.17, 15) is 9.90 Å². The third-order valence-corrected chi connectivity index (χ3v) is 7.28. The van der Waals surface area contributed by atoms with E-state index in [0.29, 0.717) is 18.3 Å². The minimum absolute atomic E-state index is 0.0550. The molecule has 3 aliphatic rings. The van der Waals surface area contributed by atoms with Gasteiger partial charge in [-0.2, -0.15) is 0 Å². The molecule has 1 amide bonds. The summed E-state index contributed by atoms with van der Waals surface area (Å²) in [6.45, 7) is 1.94.